The molecule has 0 spiro atoms. The van der Waals surface area contributed by atoms with Crippen LogP contribution >= 0.6 is 0 Å². The molecule has 0 amide bonds. The van der Waals surface area contributed by atoms with Crippen molar-refractivity contribution in [1.29, 1.82) is 0 Å². The molecule has 1 heterocycles. The Hall–Kier alpha value is -0.870. The Bertz CT molecular complexity index is 273. The second-order valence-corrected chi connectivity index (χ2v) is 3.66. The van der Waals surface area contributed by atoms with Crippen molar-refractivity contribution in [3.05, 3.63) is 18.2 Å². The van der Waals surface area contributed by atoms with Crippen LogP contribution in [0.4, 0.5) is 0 Å². The van der Waals surface area contributed by atoms with E-state index in [0.717, 1.165) is 25.2 Å². The summed E-state index contributed by atoms with van der Waals surface area (Å²) < 4.78 is 7.44. The molecule has 0 saturated carbocycles. The van der Waals surface area contributed by atoms with Crippen LogP contribution in [0, 0.1) is 6.92 Å². The van der Waals surface area contributed by atoms with Gasteiger partial charge in [0.05, 0.1) is 12.7 Å². The molecule has 4 heteroatoms. The molecule has 1 N–H and O–H groups in total. The topological polar surface area (TPSA) is 47.3 Å². The summed E-state index contributed by atoms with van der Waals surface area (Å²) in [6.07, 6.45) is 5.15. The summed E-state index contributed by atoms with van der Waals surface area (Å²) in [6, 6.07) is 0. The SMILES string of the molecule is CCC(O)COCCCn1ccnc1C. The minimum Gasteiger partial charge on any atom is -0.391 e. The standard InChI is InChI=1S/C11H20N2O2/c1-3-11(14)9-15-8-4-6-13-7-5-12-10(13)2/h5,7,11,14H,3-4,6,8-9H2,1-2H3. The molecule has 1 aromatic heterocycles. The molecule has 15 heavy (non-hydrogen) atoms. The van der Waals surface area contributed by atoms with E-state index in [1.807, 2.05) is 20.0 Å². The number of nitrogens with zero attached hydrogens (tertiary/aromatic N) is 2. The van der Waals surface area contributed by atoms with Gasteiger partial charge in [-0.05, 0) is 19.8 Å². The third kappa shape index (κ3) is 4.44. The molecule has 0 saturated heterocycles. The fourth-order valence-corrected chi connectivity index (χ4v) is 1.31. The van der Waals surface area contributed by atoms with E-state index in [-0.39, 0.29) is 6.10 Å². The molecule has 1 rings (SSSR count). The summed E-state index contributed by atoms with van der Waals surface area (Å²) in [4.78, 5) is 4.14. The Morgan fingerprint density at radius 1 is 1.60 bits per heavy atom. The number of hydrogen-bond acceptors (Lipinski definition) is 3. The Morgan fingerprint density at radius 2 is 2.40 bits per heavy atom. The van der Waals surface area contributed by atoms with E-state index in [4.69, 9.17) is 4.74 Å². The van der Waals surface area contributed by atoms with Gasteiger partial charge in [0.25, 0.3) is 0 Å². The first-order valence-electron chi connectivity index (χ1n) is 5.47. The molecule has 0 aromatic carbocycles. The summed E-state index contributed by atoms with van der Waals surface area (Å²) in [5.41, 5.74) is 0. The molecule has 0 bridgehead atoms. The molecular formula is C11H20N2O2. The Balaban J connectivity index is 2.05. The van der Waals surface area contributed by atoms with Gasteiger partial charge in [0.1, 0.15) is 5.82 Å². The first-order valence-corrected chi connectivity index (χ1v) is 5.47. The average molecular weight is 212 g/mol. The molecule has 0 aliphatic carbocycles. The van der Waals surface area contributed by atoms with Gasteiger partial charge in [0.15, 0.2) is 0 Å². The summed E-state index contributed by atoms with van der Waals surface area (Å²) in [7, 11) is 0. The molecular weight excluding hydrogens is 192 g/mol. The van der Waals surface area contributed by atoms with Gasteiger partial charge in [-0.15, -0.1) is 0 Å². The third-order valence-electron chi connectivity index (χ3n) is 2.39. The minimum atomic E-state index is -0.319. The first-order chi connectivity index (χ1) is 7.24. The number of aromatic nitrogens is 2. The van der Waals surface area contributed by atoms with E-state index >= 15 is 0 Å². The van der Waals surface area contributed by atoms with Crippen LogP contribution in [0.3, 0.4) is 0 Å². The summed E-state index contributed by atoms with van der Waals surface area (Å²) >= 11 is 0. The number of rotatable bonds is 7. The van der Waals surface area contributed by atoms with Crippen molar-refractivity contribution in [2.24, 2.45) is 0 Å². The number of aliphatic hydroxyl groups excluding tert-OH is 1. The lowest BCUT2D eigenvalue weighted by Crippen LogP contribution is -2.15. The van der Waals surface area contributed by atoms with Crippen LogP contribution < -0.4 is 0 Å². The first kappa shape index (κ1) is 12.2. The molecule has 1 aromatic rings. The Kier molecular flexibility index (Phi) is 5.36. The van der Waals surface area contributed by atoms with Crippen LogP contribution in [0.5, 0.6) is 0 Å². The zero-order valence-electron chi connectivity index (χ0n) is 9.52. The number of ether oxygens (including phenoxy) is 1. The fraction of sp³-hybridized carbons (Fsp3) is 0.727. The predicted molar refractivity (Wildman–Crippen MR) is 58.7 cm³/mol. The largest absolute Gasteiger partial charge is 0.391 e. The van der Waals surface area contributed by atoms with E-state index in [0.29, 0.717) is 13.2 Å². The van der Waals surface area contributed by atoms with E-state index < -0.39 is 0 Å². The van der Waals surface area contributed by atoms with Crippen LogP contribution in [0.2, 0.25) is 0 Å². The van der Waals surface area contributed by atoms with Crippen molar-refractivity contribution in [2.75, 3.05) is 13.2 Å². The van der Waals surface area contributed by atoms with Gasteiger partial charge >= 0.3 is 0 Å². The molecule has 0 radical (unpaired) electrons. The van der Waals surface area contributed by atoms with Gasteiger partial charge in [-0.3, -0.25) is 0 Å². The Labute approximate surface area is 90.9 Å². The van der Waals surface area contributed by atoms with Gasteiger partial charge in [-0.1, -0.05) is 6.92 Å². The van der Waals surface area contributed by atoms with Crippen molar-refractivity contribution < 1.29 is 9.84 Å². The highest BCUT2D eigenvalue weighted by atomic mass is 16.5. The van der Waals surface area contributed by atoms with Gasteiger partial charge in [-0.25, -0.2) is 4.98 Å². The normalized spacial score (nSPS) is 13.0. The second-order valence-electron chi connectivity index (χ2n) is 3.66. The highest BCUT2D eigenvalue weighted by molar-refractivity contribution is 4.87. The number of aliphatic hydroxyl groups is 1. The van der Waals surface area contributed by atoms with Gasteiger partial charge in [0, 0.05) is 25.5 Å². The average Bonchev–Trinajstić information content (AvgIpc) is 2.63. The molecule has 0 aliphatic heterocycles. The minimum absolute atomic E-state index is 0.319. The van der Waals surface area contributed by atoms with Crippen molar-refractivity contribution in [2.45, 2.75) is 39.3 Å². The molecule has 1 unspecified atom stereocenters. The van der Waals surface area contributed by atoms with Crippen LogP contribution in [0.1, 0.15) is 25.6 Å². The van der Waals surface area contributed by atoms with Crippen LogP contribution in [-0.2, 0) is 11.3 Å². The number of aryl methyl sites for hydroxylation is 2. The Morgan fingerprint density at radius 3 is 3.00 bits per heavy atom. The quantitative estimate of drug-likeness (QED) is 0.694. The molecule has 86 valence electrons. The van der Waals surface area contributed by atoms with Crippen LogP contribution in [0.15, 0.2) is 12.4 Å². The van der Waals surface area contributed by atoms with Crippen molar-refractivity contribution in [1.82, 2.24) is 9.55 Å². The molecule has 0 fully saturated rings. The van der Waals surface area contributed by atoms with Gasteiger partial charge < -0.3 is 14.4 Å². The second kappa shape index (κ2) is 6.58. The van der Waals surface area contributed by atoms with Crippen molar-refractivity contribution in [3.63, 3.8) is 0 Å². The third-order valence-corrected chi connectivity index (χ3v) is 2.39. The van der Waals surface area contributed by atoms with Crippen LogP contribution in [-0.4, -0.2) is 34.0 Å². The molecule has 4 nitrogen and oxygen atoms in total. The number of hydrogen-bond donors (Lipinski definition) is 1. The van der Waals surface area contributed by atoms with E-state index in [1.165, 1.54) is 0 Å². The highest BCUT2D eigenvalue weighted by Gasteiger charge is 2.00. The van der Waals surface area contributed by atoms with Gasteiger partial charge in [-0.2, -0.15) is 0 Å². The molecule has 1 atom stereocenters. The number of imidazole rings is 1. The lowest BCUT2D eigenvalue weighted by molar-refractivity contribution is 0.0330. The monoisotopic (exact) mass is 212 g/mol. The van der Waals surface area contributed by atoms with Crippen molar-refractivity contribution >= 4 is 0 Å². The van der Waals surface area contributed by atoms with Crippen molar-refractivity contribution in [3.8, 4) is 0 Å². The lowest BCUT2D eigenvalue weighted by Gasteiger charge is -2.09. The predicted octanol–water partition coefficient (Wildman–Crippen LogP) is 1.37. The summed E-state index contributed by atoms with van der Waals surface area (Å²) in [6.45, 7) is 5.99. The maximum absolute atomic E-state index is 9.25. The maximum atomic E-state index is 9.25. The van der Waals surface area contributed by atoms with E-state index in [1.54, 1.807) is 6.20 Å². The zero-order chi connectivity index (χ0) is 11.1. The van der Waals surface area contributed by atoms with Crippen LogP contribution in [0.25, 0.3) is 0 Å². The zero-order valence-corrected chi connectivity index (χ0v) is 9.52. The maximum Gasteiger partial charge on any atom is 0.105 e. The molecule has 0 aliphatic rings. The smallest absolute Gasteiger partial charge is 0.105 e. The van der Waals surface area contributed by atoms with E-state index in [2.05, 4.69) is 9.55 Å². The van der Waals surface area contributed by atoms with Gasteiger partial charge in [0.2, 0.25) is 0 Å². The highest BCUT2D eigenvalue weighted by Crippen LogP contribution is 1.98. The summed E-state index contributed by atoms with van der Waals surface area (Å²) in [5.74, 6) is 1.03. The fourth-order valence-electron chi connectivity index (χ4n) is 1.31. The summed E-state index contributed by atoms with van der Waals surface area (Å²) in [5, 5.41) is 9.25. The van der Waals surface area contributed by atoms with E-state index in [9.17, 15) is 5.11 Å². The lowest BCUT2D eigenvalue weighted by atomic mass is 10.3.